The van der Waals surface area contributed by atoms with Gasteiger partial charge in [-0.15, -0.1) is 0 Å². The second-order valence-electron chi connectivity index (χ2n) is 4.72. The second-order valence-corrected chi connectivity index (χ2v) is 4.72. The van der Waals surface area contributed by atoms with Crippen molar-refractivity contribution in [2.45, 2.75) is 32.9 Å². The Bertz CT molecular complexity index is 575. The summed E-state index contributed by atoms with van der Waals surface area (Å²) in [7, 11) is 0. The highest BCUT2D eigenvalue weighted by atomic mass is 16.1. The minimum absolute atomic E-state index is 0.00218. The van der Waals surface area contributed by atoms with E-state index in [1.54, 1.807) is 10.9 Å². The third kappa shape index (κ3) is 2.96. The van der Waals surface area contributed by atoms with Gasteiger partial charge in [-0.3, -0.25) is 4.79 Å². The molecular formula is C14H19N3O. The molecule has 0 aliphatic carbocycles. The van der Waals surface area contributed by atoms with Crippen LogP contribution in [0.2, 0.25) is 0 Å². The Balaban J connectivity index is 2.10. The monoisotopic (exact) mass is 245 g/mol. The van der Waals surface area contributed by atoms with Crippen molar-refractivity contribution in [3.8, 4) is 0 Å². The van der Waals surface area contributed by atoms with Gasteiger partial charge in [0.25, 0.3) is 5.56 Å². The first kappa shape index (κ1) is 12.8. The first-order chi connectivity index (χ1) is 8.68. The zero-order valence-corrected chi connectivity index (χ0v) is 10.9. The van der Waals surface area contributed by atoms with E-state index in [4.69, 9.17) is 0 Å². The summed E-state index contributed by atoms with van der Waals surface area (Å²) in [5, 5.41) is 9.17. The van der Waals surface area contributed by atoms with Crippen LogP contribution in [-0.4, -0.2) is 22.4 Å². The van der Waals surface area contributed by atoms with Crippen LogP contribution in [0.4, 0.5) is 0 Å². The minimum Gasteiger partial charge on any atom is -0.314 e. The molecular weight excluding hydrogens is 226 g/mol. The van der Waals surface area contributed by atoms with Gasteiger partial charge in [-0.1, -0.05) is 32.0 Å². The van der Waals surface area contributed by atoms with Crippen molar-refractivity contribution in [1.82, 2.24) is 15.1 Å². The number of hydrogen-bond acceptors (Lipinski definition) is 3. The maximum Gasteiger partial charge on any atom is 0.274 e. The largest absolute Gasteiger partial charge is 0.314 e. The Morgan fingerprint density at radius 2 is 2.11 bits per heavy atom. The quantitative estimate of drug-likeness (QED) is 0.817. The van der Waals surface area contributed by atoms with Crippen molar-refractivity contribution in [3.63, 3.8) is 0 Å². The Kier molecular flexibility index (Phi) is 4.10. The fourth-order valence-corrected chi connectivity index (χ4v) is 1.91. The molecule has 2 rings (SSSR count). The maximum atomic E-state index is 12.1. The number of rotatable bonds is 5. The van der Waals surface area contributed by atoms with Crippen LogP contribution in [0.25, 0.3) is 10.8 Å². The molecule has 0 radical (unpaired) electrons. The molecule has 1 aromatic heterocycles. The Hall–Kier alpha value is -1.68. The van der Waals surface area contributed by atoms with Gasteiger partial charge in [0.05, 0.1) is 11.6 Å². The summed E-state index contributed by atoms with van der Waals surface area (Å²) >= 11 is 0. The lowest BCUT2D eigenvalue weighted by molar-refractivity contribution is 0.502. The number of nitrogens with one attached hydrogen (secondary N) is 1. The Morgan fingerprint density at radius 3 is 2.89 bits per heavy atom. The van der Waals surface area contributed by atoms with E-state index in [1.165, 1.54) is 0 Å². The minimum atomic E-state index is -0.00218. The van der Waals surface area contributed by atoms with Gasteiger partial charge in [0.1, 0.15) is 0 Å². The van der Waals surface area contributed by atoms with Gasteiger partial charge < -0.3 is 5.32 Å². The van der Waals surface area contributed by atoms with Crippen molar-refractivity contribution in [2.24, 2.45) is 0 Å². The van der Waals surface area contributed by atoms with Crippen LogP contribution >= 0.6 is 0 Å². The number of hydrogen-bond donors (Lipinski definition) is 1. The fourth-order valence-electron chi connectivity index (χ4n) is 1.91. The lowest BCUT2D eigenvalue weighted by Crippen LogP contribution is -2.27. The predicted molar refractivity (Wildman–Crippen MR) is 73.8 cm³/mol. The molecule has 0 saturated heterocycles. The SMILES string of the molecule is CC(C)NCCCn1ncc2ccccc2c1=O. The highest BCUT2D eigenvalue weighted by Gasteiger charge is 2.02. The summed E-state index contributed by atoms with van der Waals surface area (Å²) in [6.45, 7) is 5.78. The highest BCUT2D eigenvalue weighted by molar-refractivity contribution is 5.80. The van der Waals surface area contributed by atoms with Crippen molar-refractivity contribution in [1.29, 1.82) is 0 Å². The summed E-state index contributed by atoms with van der Waals surface area (Å²) < 4.78 is 1.55. The van der Waals surface area contributed by atoms with E-state index in [2.05, 4.69) is 24.3 Å². The number of aromatic nitrogens is 2. The molecule has 4 heteroatoms. The third-order valence-corrected chi connectivity index (χ3v) is 2.86. The highest BCUT2D eigenvalue weighted by Crippen LogP contribution is 2.06. The molecule has 1 heterocycles. The molecule has 0 saturated carbocycles. The molecule has 0 aliphatic rings. The average molecular weight is 245 g/mol. The van der Waals surface area contributed by atoms with Crippen molar-refractivity contribution in [3.05, 3.63) is 40.8 Å². The van der Waals surface area contributed by atoms with Crippen molar-refractivity contribution < 1.29 is 0 Å². The van der Waals surface area contributed by atoms with Crippen LogP contribution in [-0.2, 0) is 6.54 Å². The van der Waals surface area contributed by atoms with E-state index in [-0.39, 0.29) is 5.56 Å². The number of nitrogens with zero attached hydrogens (tertiary/aromatic N) is 2. The van der Waals surface area contributed by atoms with E-state index in [0.29, 0.717) is 12.6 Å². The van der Waals surface area contributed by atoms with Gasteiger partial charge in [0.15, 0.2) is 0 Å². The lowest BCUT2D eigenvalue weighted by Gasteiger charge is -2.09. The van der Waals surface area contributed by atoms with Crippen molar-refractivity contribution >= 4 is 10.8 Å². The second kappa shape index (κ2) is 5.78. The summed E-state index contributed by atoms with van der Waals surface area (Å²) in [5.74, 6) is 0. The van der Waals surface area contributed by atoms with Crippen molar-refractivity contribution in [2.75, 3.05) is 6.54 Å². The van der Waals surface area contributed by atoms with Crippen LogP contribution < -0.4 is 10.9 Å². The van der Waals surface area contributed by atoms with Gasteiger partial charge in [0, 0.05) is 18.0 Å². The molecule has 96 valence electrons. The standard InChI is InChI=1S/C14H19N3O/c1-11(2)15-8-5-9-17-14(18)13-7-4-3-6-12(13)10-16-17/h3-4,6-7,10-11,15H,5,8-9H2,1-2H3. The van der Waals surface area contributed by atoms with Crippen LogP contribution in [0.3, 0.4) is 0 Å². The molecule has 1 aromatic carbocycles. The van der Waals surface area contributed by atoms with Gasteiger partial charge in [-0.05, 0) is 19.0 Å². The molecule has 2 aromatic rings. The van der Waals surface area contributed by atoms with Crippen LogP contribution in [0, 0.1) is 0 Å². The van der Waals surface area contributed by atoms with E-state index in [1.807, 2.05) is 24.3 Å². The van der Waals surface area contributed by atoms with E-state index < -0.39 is 0 Å². The lowest BCUT2D eigenvalue weighted by atomic mass is 10.2. The molecule has 0 bridgehead atoms. The zero-order chi connectivity index (χ0) is 13.0. The molecule has 0 aliphatic heterocycles. The first-order valence-electron chi connectivity index (χ1n) is 6.37. The molecule has 0 atom stereocenters. The molecule has 0 spiro atoms. The van der Waals surface area contributed by atoms with Crippen LogP contribution in [0.15, 0.2) is 35.3 Å². The number of fused-ring (bicyclic) bond motifs is 1. The Labute approximate surface area is 107 Å². The van der Waals surface area contributed by atoms with E-state index >= 15 is 0 Å². The molecule has 0 fully saturated rings. The smallest absolute Gasteiger partial charge is 0.274 e. The zero-order valence-electron chi connectivity index (χ0n) is 10.9. The van der Waals surface area contributed by atoms with E-state index in [9.17, 15) is 4.79 Å². The van der Waals surface area contributed by atoms with Crippen LogP contribution in [0.5, 0.6) is 0 Å². The normalized spacial score (nSPS) is 11.3. The Morgan fingerprint density at radius 1 is 1.33 bits per heavy atom. The van der Waals surface area contributed by atoms with Gasteiger partial charge in [0.2, 0.25) is 0 Å². The number of benzene rings is 1. The summed E-state index contributed by atoms with van der Waals surface area (Å²) in [4.78, 5) is 12.1. The summed E-state index contributed by atoms with van der Waals surface area (Å²) in [5.41, 5.74) is -0.00218. The third-order valence-electron chi connectivity index (χ3n) is 2.86. The molecule has 4 nitrogen and oxygen atoms in total. The molecule has 18 heavy (non-hydrogen) atoms. The average Bonchev–Trinajstić information content (AvgIpc) is 2.37. The molecule has 0 unspecified atom stereocenters. The van der Waals surface area contributed by atoms with Gasteiger partial charge in [-0.2, -0.15) is 5.10 Å². The van der Waals surface area contributed by atoms with Crippen LogP contribution in [0.1, 0.15) is 20.3 Å². The van der Waals surface area contributed by atoms with Gasteiger partial charge in [-0.25, -0.2) is 4.68 Å². The topological polar surface area (TPSA) is 46.9 Å². The maximum absolute atomic E-state index is 12.1. The molecule has 1 N–H and O–H groups in total. The fraction of sp³-hybridized carbons (Fsp3) is 0.429. The number of aryl methyl sites for hydroxylation is 1. The van der Waals surface area contributed by atoms with Gasteiger partial charge >= 0.3 is 0 Å². The summed E-state index contributed by atoms with van der Waals surface area (Å²) in [6.07, 6.45) is 2.66. The first-order valence-corrected chi connectivity index (χ1v) is 6.37. The predicted octanol–water partition coefficient (Wildman–Crippen LogP) is 1.78. The summed E-state index contributed by atoms with van der Waals surface area (Å²) in [6, 6.07) is 8.04. The molecule has 0 amide bonds. The van der Waals surface area contributed by atoms with E-state index in [0.717, 1.165) is 23.7 Å².